The van der Waals surface area contributed by atoms with Crippen LogP contribution in [0.1, 0.15) is 22.7 Å². The Morgan fingerprint density at radius 1 is 1.00 bits per heavy atom. The molecule has 1 aliphatic rings. The number of fused-ring (bicyclic) bond motifs is 3. The van der Waals surface area contributed by atoms with Crippen LogP contribution in [0.5, 0.6) is 0 Å². The second-order valence-corrected chi connectivity index (χ2v) is 5.29. The third kappa shape index (κ3) is 2.96. The Labute approximate surface area is 122 Å². The van der Waals surface area contributed by atoms with Gasteiger partial charge in [-0.2, -0.15) is 0 Å². The van der Waals surface area contributed by atoms with Crippen molar-refractivity contribution < 1.29 is 13.5 Å². The van der Waals surface area contributed by atoms with Gasteiger partial charge in [0.25, 0.3) is 6.43 Å². The minimum absolute atomic E-state index is 0.107. The molecule has 0 fully saturated rings. The summed E-state index contributed by atoms with van der Waals surface area (Å²) in [5.41, 5.74) is 12.0. The SMILES string of the molecule is NC(COCC(F)F)c1ccc2c(c1)Cc1ccccc1-2. The minimum atomic E-state index is -2.45. The molecule has 0 amide bonds. The van der Waals surface area contributed by atoms with Crippen LogP contribution in [0.2, 0.25) is 0 Å². The highest BCUT2D eigenvalue weighted by molar-refractivity contribution is 5.76. The summed E-state index contributed by atoms with van der Waals surface area (Å²) in [7, 11) is 0. The fraction of sp³-hybridized carbons (Fsp3) is 0.294. The molecule has 0 aromatic heterocycles. The second kappa shape index (κ2) is 5.92. The highest BCUT2D eigenvalue weighted by Gasteiger charge is 2.19. The molecule has 21 heavy (non-hydrogen) atoms. The first kappa shape index (κ1) is 14.2. The van der Waals surface area contributed by atoms with Crippen molar-refractivity contribution in [3.05, 3.63) is 59.2 Å². The van der Waals surface area contributed by atoms with Crippen molar-refractivity contribution in [2.75, 3.05) is 13.2 Å². The third-order valence-electron chi connectivity index (χ3n) is 3.79. The number of hydrogen-bond donors (Lipinski definition) is 1. The number of halogens is 2. The standard InChI is InChI=1S/C17H17F2NO/c18-17(19)10-21-9-16(20)12-5-6-15-13(8-12)7-11-3-1-2-4-14(11)15/h1-6,8,16-17H,7,9-10,20H2. The van der Waals surface area contributed by atoms with Crippen molar-refractivity contribution in [2.45, 2.75) is 18.9 Å². The van der Waals surface area contributed by atoms with Gasteiger partial charge in [0.15, 0.2) is 0 Å². The Bertz CT molecular complexity index is 642. The van der Waals surface area contributed by atoms with Crippen molar-refractivity contribution in [2.24, 2.45) is 5.73 Å². The highest BCUT2D eigenvalue weighted by atomic mass is 19.3. The van der Waals surface area contributed by atoms with Crippen LogP contribution in [-0.4, -0.2) is 19.6 Å². The van der Waals surface area contributed by atoms with E-state index in [0.29, 0.717) is 0 Å². The average Bonchev–Trinajstić information content (AvgIpc) is 2.84. The summed E-state index contributed by atoms with van der Waals surface area (Å²) in [6.07, 6.45) is -1.56. The van der Waals surface area contributed by atoms with Crippen LogP contribution in [0, 0.1) is 0 Å². The number of ether oxygens (including phenoxy) is 1. The molecule has 1 atom stereocenters. The molecule has 1 aliphatic carbocycles. The van der Waals surface area contributed by atoms with Crippen LogP contribution in [0.4, 0.5) is 8.78 Å². The van der Waals surface area contributed by atoms with Crippen LogP contribution in [-0.2, 0) is 11.2 Å². The maximum Gasteiger partial charge on any atom is 0.261 e. The zero-order chi connectivity index (χ0) is 14.8. The first-order valence-corrected chi connectivity index (χ1v) is 6.97. The average molecular weight is 289 g/mol. The fourth-order valence-electron chi connectivity index (χ4n) is 2.78. The van der Waals surface area contributed by atoms with Crippen molar-refractivity contribution in [3.63, 3.8) is 0 Å². The molecule has 2 nitrogen and oxygen atoms in total. The summed E-state index contributed by atoms with van der Waals surface area (Å²) in [6, 6.07) is 14.0. The molecule has 2 aromatic rings. The monoisotopic (exact) mass is 289 g/mol. The van der Waals surface area contributed by atoms with Crippen LogP contribution in [0.3, 0.4) is 0 Å². The zero-order valence-electron chi connectivity index (χ0n) is 11.6. The molecule has 0 spiro atoms. The lowest BCUT2D eigenvalue weighted by atomic mass is 10.0. The molecule has 1 unspecified atom stereocenters. The second-order valence-electron chi connectivity index (χ2n) is 5.29. The van der Waals surface area contributed by atoms with E-state index in [1.807, 2.05) is 18.2 Å². The number of nitrogens with two attached hydrogens (primary N) is 1. The summed E-state index contributed by atoms with van der Waals surface area (Å²) < 4.78 is 29.0. The lowest BCUT2D eigenvalue weighted by Gasteiger charge is -2.14. The molecule has 0 heterocycles. The smallest absolute Gasteiger partial charge is 0.261 e. The van der Waals surface area contributed by atoms with E-state index in [1.165, 1.54) is 22.3 Å². The molecule has 0 bridgehead atoms. The summed E-state index contributed by atoms with van der Waals surface area (Å²) in [5.74, 6) is 0. The van der Waals surface area contributed by atoms with Crippen molar-refractivity contribution in [1.29, 1.82) is 0 Å². The molecule has 4 heteroatoms. The van der Waals surface area contributed by atoms with Crippen LogP contribution < -0.4 is 5.73 Å². The van der Waals surface area contributed by atoms with Gasteiger partial charge < -0.3 is 10.5 Å². The predicted octanol–water partition coefficient (Wildman–Crippen LogP) is 3.54. The summed E-state index contributed by atoms with van der Waals surface area (Å²) in [5, 5.41) is 0. The van der Waals surface area contributed by atoms with Crippen LogP contribution in [0.25, 0.3) is 11.1 Å². The van der Waals surface area contributed by atoms with Gasteiger partial charge in [-0.15, -0.1) is 0 Å². The maximum absolute atomic E-state index is 12.1. The van der Waals surface area contributed by atoms with E-state index in [0.717, 1.165) is 12.0 Å². The summed E-state index contributed by atoms with van der Waals surface area (Å²) >= 11 is 0. The topological polar surface area (TPSA) is 35.2 Å². The zero-order valence-corrected chi connectivity index (χ0v) is 11.6. The largest absolute Gasteiger partial charge is 0.374 e. The van der Waals surface area contributed by atoms with E-state index in [1.54, 1.807) is 0 Å². The van der Waals surface area contributed by atoms with Gasteiger partial charge in [-0.3, -0.25) is 0 Å². The molecule has 0 radical (unpaired) electrons. The number of benzene rings is 2. The molecular formula is C17H17F2NO. The van der Waals surface area contributed by atoms with Crippen molar-refractivity contribution in [1.82, 2.24) is 0 Å². The van der Waals surface area contributed by atoms with E-state index in [9.17, 15) is 8.78 Å². The molecule has 0 saturated carbocycles. The van der Waals surface area contributed by atoms with Gasteiger partial charge >= 0.3 is 0 Å². The van der Waals surface area contributed by atoms with Gasteiger partial charge in [0.05, 0.1) is 12.6 Å². The van der Waals surface area contributed by atoms with Crippen molar-refractivity contribution >= 4 is 0 Å². The van der Waals surface area contributed by atoms with Gasteiger partial charge in [-0.25, -0.2) is 8.78 Å². The van der Waals surface area contributed by atoms with Crippen LogP contribution >= 0.6 is 0 Å². The Morgan fingerprint density at radius 3 is 2.57 bits per heavy atom. The fourth-order valence-corrected chi connectivity index (χ4v) is 2.78. The van der Waals surface area contributed by atoms with Gasteiger partial charge in [-0.1, -0.05) is 42.5 Å². The highest BCUT2D eigenvalue weighted by Crippen LogP contribution is 2.37. The summed E-state index contributed by atoms with van der Waals surface area (Å²) in [6.45, 7) is -0.458. The predicted molar refractivity (Wildman–Crippen MR) is 78.4 cm³/mol. The Morgan fingerprint density at radius 2 is 1.76 bits per heavy atom. The minimum Gasteiger partial charge on any atom is -0.374 e. The molecule has 0 aliphatic heterocycles. The van der Waals surface area contributed by atoms with Crippen molar-refractivity contribution in [3.8, 4) is 11.1 Å². The van der Waals surface area contributed by atoms with Gasteiger partial charge in [0.1, 0.15) is 6.61 Å². The molecule has 2 aromatic carbocycles. The Balaban J connectivity index is 1.74. The number of alkyl halides is 2. The normalized spacial score (nSPS) is 14.1. The van der Waals surface area contributed by atoms with E-state index in [-0.39, 0.29) is 12.6 Å². The third-order valence-corrected chi connectivity index (χ3v) is 3.79. The van der Waals surface area contributed by atoms with E-state index in [4.69, 9.17) is 10.5 Å². The first-order chi connectivity index (χ1) is 10.1. The molecular weight excluding hydrogens is 272 g/mol. The molecule has 2 N–H and O–H groups in total. The van der Waals surface area contributed by atoms with E-state index >= 15 is 0 Å². The number of hydrogen-bond acceptors (Lipinski definition) is 2. The quantitative estimate of drug-likeness (QED) is 0.779. The lowest BCUT2D eigenvalue weighted by molar-refractivity contribution is 0.0125. The number of rotatable bonds is 5. The first-order valence-electron chi connectivity index (χ1n) is 6.97. The van der Waals surface area contributed by atoms with Crippen LogP contribution in [0.15, 0.2) is 42.5 Å². The Kier molecular flexibility index (Phi) is 3.99. The van der Waals surface area contributed by atoms with E-state index in [2.05, 4.69) is 24.3 Å². The lowest BCUT2D eigenvalue weighted by Crippen LogP contribution is -2.19. The molecule has 0 saturated heterocycles. The molecule has 110 valence electrons. The van der Waals surface area contributed by atoms with Gasteiger partial charge in [0, 0.05) is 0 Å². The Hall–Kier alpha value is -1.78. The van der Waals surface area contributed by atoms with E-state index < -0.39 is 13.0 Å². The summed E-state index contributed by atoms with van der Waals surface area (Å²) in [4.78, 5) is 0. The maximum atomic E-state index is 12.1. The van der Waals surface area contributed by atoms with Gasteiger partial charge in [0.2, 0.25) is 0 Å². The molecule has 3 rings (SSSR count). The van der Waals surface area contributed by atoms with Gasteiger partial charge in [-0.05, 0) is 34.2 Å².